The second kappa shape index (κ2) is 5.74. The molecule has 0 aromatic carbocycles. The summed E-state index contributed by atoms with van der Waals surface area (Å²) in [4.78, 5) is 20.3. The quantitative estimate of drug-likeness (QED) is 0.756. The first-order valence-corrected chi connectivity index (χ1v) is 8.42. The lowest BCUT2D eigenvalue weighted by Crippen LogP contribution is -2.49. The highest BCUT2D eigenvalue weighted by molar-refractivity contribution is 6.62. The van der Waals surface area contributed by atoms with Crippen LogP contribution in [0.2, 0.25) is 0 Å². The van der Waals surface area contributed by atoms with Gasteiger partial charge in [0.15, 0.2) is 0 Å². The summed E-state index contributed by atoms with van der Waals surface area (Å²) in [5.41, 5.74) is 1.21. The predicted molar refractivity (Wildman–Crippen MR) is 94.5 cm³/mol. The number of carbonyl (C=O) groups excluding carboxylic acids is 1. The highest BCUT2D eigenvalue weighted by Gasteiger charge is 2.51. The molecule has 1 amide bonds. The number of aryl methyl sites for hydroxylation is 1. The molecule has 0 spiro atoms. The van der Waals surface area contributed by atoms with Gasteiger partial charge in [0.25, 0.3) is 0 Å². The van der Waals surface area contributed by atoms with Gasteiger partial charge in [0.1, 0.15) is 5.82 Å². The molecule has 0 atom stereocenters. The summed E-state index contributed by atoms with van der Waals surface area (Å²) in [6.07, 6.45) is 1.80. The molecule has 1 aromatic heterocycles. The highest BCUT2D eigenvalue weighted by Crippen LogP contribution is 2.36. The van der Waals surface area contributed by atoms with E-state index < -0.39 is 7.12 Å². The molecule has 2 saturated heterocycles. The number of likely N-dealkylation sites (N-methyl/N-ethyl adjacent to an activating group) is 1. The molecule has 3 rings (SSSR count). The van der Waals surface area contributed by atoms with Crippen LogP contribution in [0.4, 0.5) is 5.82 Å². The molecule has 24 heavy (non-hydrogen) atoms. The maximum absolute atomic E-state index is 11.9. The normalized spacial score (nSPS) is 23.1. The van der Waals surface area contributed by atoms with Crippen LogP contribution in [0.15, 0.2) is 12.3 Å². The molecule has 2 aliphatic heterocycles. The first kappa shape index (κ1) is 17.2. The molecule has 2 aliphatic rings. The van der Waals surface area contributed by atoms with Gasteiger partial charge in [-0.15, -0.1) is 0 Å². The van der Waals surface area contributed by atoms with Crippen molar-refractivity contribution in [2.24, 2.45) is 0 Å². The monoisotopic (exact) mass is 331 g/mol. The average Bonchev–Trinajstić information content (AvgIpc) is 2.70. The molecule has 1 aromatic rings. The van der Waals surface area contributed by atoms with Gasteiger partial charge in [0.2, 0.25) is 5.91 Å². The van der Waals surface area contributed by atoms with Crippen LogP contribution in [0.1, 0.15) is 33.3 Å². The van der Waals surface area contributed by atoms with Crippen molar-refractivity contribution >= 4 is 24.3 Å². The molecule has 3 heterocycles. The summed E-state index contributed by atoms with van der Waals surface area (Å²) in [7, 11) is 1.42. The Bertz CT molecular complexity index is 646. The van der Waals surface area contributed by atoms with Crippen LogP contribution in [0, 0.1) is 6.92 Å². The topological polar surface area (TPSA) is 54.9 Å². The van der Waals surface area contributed by atoms with Gasteiger partial charge in [-0.2, -0.15) is 0 Å². The van der Waals surface area contributed by atoms with E-state index in [4.69, 9.17) is 9.31 Å². The van der Waals surface area contributed by atoms with Gasteiger partial charge in [-0.05, 0) is 40.2 Å². The SMILES string of the molecule is Cc1cc(B2OC(C)(C)C(C)(C)O2)cnc1N1CCN(C)C(=O)C1. The fourth-order valence-corrected chi connectivity index (χ4v) is 2.97. The van der Waals surface area contributed by atoms with E-state index in [0.29, 0.717) is 6.54 Å². The summed E-state index contributed by atoms with van der Waals surface area (Å²) < 4.78 is 12.2. The Morgan fingerprint density at radius 2 is 1.79 bits per heavy atom. The number of carbonyl (C=O) groups is 1. The third-order valence-electron chi connectivity index (χ3n) is 5.35. The number of pyridine rings is 1. The van der Waals surface area contributed by atoms with Crippen LogP contribution in [0.25, 0.3) is 0 Å². The maximum atomic E-state index is 11.9. The minimum atomic E-state index is -0.413. The van der Waals surface area contributed by atoms with Crippen molar-refractivity contribution in [3.63, 3.8) is 0 Å². The zero-order valence-corrected chi connectivity index (χ0v) is 15.4. The number of hydrogen-bond donors (Lipinski definition) is 0. The molecule has 2 fully saturated rings. The van der Waals surface area contributed by atoms with Gasteiger partial charge in [0.05, 0.1) is 17.7 Å². The van der Waals surface area contributed by atoms with Crippen LogP contribution in [0.3, 0.4) is 0 Å². The van der Waals surface area contributed by atoms with E-state index in [2.05, 4.69) is 4.98 Å². The number of amides is 1. The van der Waals surface area contributed by atoms with Crippen molar-refractivity contribution < 1.29 is 14.1 Å². The lowest BCUT2D eigenvalue weighted by Gasteiger charge is -2.33. The standard InChI is InChI=1S/C17H26BN3O3/c1-12-9-13(18-23-16(2,3)17(4,5)24-18)10-19-15(12)21-8-7-20(6)14(22)11-21/h9-10H,7-8,11H2,1-6H3. The van der Waals surface area contributed by atoms with Crippen molar-refractivity contribution in [1.82, 2.24) is 9.88 Å². The second-order valence-corrected chi connectivity index (χ2v) is 7.73. The fraction of sp³-hybridized carbons (Fsp3) is 0.647. The Kier molecular flexibility index (Phi) is 4.12. The second-order valence-electron chi connectivity index (χ2n) is 7.73. The zero-order chi connectivity index (χ0) is 17.7. The van der Waals surface area contributed by atoms with Crippen LogP contribution in [-0.2, 0) is 14.1 Å². The summed E-state index contributed by atoms with van der Waals surface area (Å²) in [6.45, 7) is 12.1. The first-order chi connectivity index (χ1) is 11.1. The summed E-state index contributed by atoms with van der Waals surface area (Å²) >= 11 is 0. The number of hydrogen-bond acceptors (Lipinski definition) is 5. The number of anilines is 1. The maximum Gasteiger partial charge on any atom is 0.496 e. The van der Waals surface area contributed by atoms with Crippen molar-refractivity contribution in [1.29, 1.82) is 0 Å². The third-order valence-corrected chi connectivity index (χ3v) is 5.35. The van der Waals surface area contributed by atoms with E-state index in [1.807, 2.05) is 52.6 Å². The molecular weight excluding hydrogens is 305 g/mol. The minimum Gasteiger partial charge on any atom is -0.399 e. The van der Waals surface area contributed by atoms with Crippen molar-refractivity contribution in [3.8, 4) is 0 Å². The van der Waals surface area contributed by atoms with Crippen molar-refractivity contribution in [2.45, 2.75) is 45.8 Å². The summed E-state index contributed by atoms with van der Waals surface area (Å²) in [6, 6.07) is 2.05. The molecule has 0 saturated carbocycles. The third kappa shape index (κ3) is 2.91. The number of aromatic nitrogens is 1. The zero-order valence-electron chi connectivity index (χ0n) is 15.4. The van der Waals surface area contributed by atoms with E-state index in [1.54, 1.807) is 11.1 Å². The lowest BCUT2D eigenvalue weighted by molar-refractivity contribution is -0.129. The Morgan fingerprint density at radius 1 is 1.17 bits per heavy atom. The van der Waals surface area contributed by atoms with Gasteiger partial charge in [-0.3, -0.25) is 4.79 Å². The molecule has 7 heteroatoms. The molecule has 130 valence electrons. The van der Waals surface area contributed by atoms with Crippen LogP contribution in [-0.4, -0.2) is 60.8 Å². The lowest BCUT2D eigenvalue weighted by atomic mass is 9.79. The molecule has 0 unspecified atom stereocenters. The van der Waals surface area contributed by atoms with E-state index in [1.165, 1.54) is 0 Å². The van der Waals surface area contributed by atoms with Crippen LogP contribution >= 0.6 is 0 Å². The van der Waals surface area contributed by atoms with Gasteiger partial charge in [-0.1, -0.05) is 6.07 Å². The van der Waals surface area contributed by atoms with Gasteiger partial charge >= 0.3 is 7.12 Å². The van der Waals surface area contributed by atoms with Crippen molar-refractivity contribution in [3.05, 3.63) is 17.8 Å². The highest BCUT2D eigenvalue weighted by atomic mass is 16.7. The predicted octanol–water partition coefficient (Wildman–Crippen LogP) is 0.968. The van der Waals surface area contributed by atoms with E-state index in [0.717, 1.165) is 29.9 Å². The Labute approximate surface area is 144 Å². The molecule has 0 bridgehead atoms. The minimum absolute atomic E-state index is 0.123. The number of piperazine rings is 1. The smallest absolute Gasteiger partial charge is 0.399 e. The summed E-state index contributed by atoms with van der Waals surface area (Å²) in [5, 5.41) is 0. The first-order valence-electron chi connectivity index (χ1n) is 8.42. The molecule has 0 N–H and O–H groups in total. The molecule has 0 aliphatic carbocycles. The fourth-order valence-electron chi connectivity index (χ4n) is 2.97. The van der Waals surface area contributed by atoms with E-state index in [-0.39, 0.29) is 17.1 Å². The Balaban J connectivity index is 1.80. The van der Waals surface area contributed by atoms with Gasteiger partial charge < -0.3 is 19.1 Å². The molecule has 6 nitrogen and oxygen atoms in total. The number of rotatable bonds is 2. The van der Waals surface area contributed by atoms with Crippen molar-refractivity contribution in [2.75, 3.05) is 31.6 Å². The van der Waals surface area contributed by atoms with E-state index >= 15 is 0 Å². The van der Waals surface area contributed by atoms with Gasteiger partial charge in [-0.25, -0.2) is 4.98 Å². The van der Waals surface area contributed by atoms with Crippen LogP contribution < -0.4 is 10.4 Å². The molecule has 0 radical (unpaired) electrons. The number of nitrogens with zero attached hydrogens (tertiary/aromatic N) is 3. The molecular formula is C17H26BN3O3. The van der Waals surface area contributed by atoms with E-state index in [9.17, 15) is 4.79 Å². The van der Waals surface area contributed by atoms with Gasteiger partial charge in [0, 0.05) is 31.8 Å². The Morgan fingerprint density at radius 3 is 2.33 bits per heavy atom. The summed E-state index contributed by atoms with van der Waals surface area (Å²) in [5.74, 6) is 0.981. The van der Waals surface area contributed by atoms with Crippen LogP contribution in [0.5, 0.6) is 0 Å². The Hall–Kier alpha value is -1.60. The average molecular weight is 331 g/mol. The largest absolute Gasteiger partial charge is 0.496 e.